The average Bonchev–Trinajstić information content (AvgIpc) is 2.41. The van der Waals surface area contributed by atoms with E-state index in [0.717, 1.165) is 23.7 Å². The Hall–Kier alpha value is -1.98. The molecule has 18 heavy (non-hydrogen) atoms. The van der Waals surface area contributed by atoms with Crippen LogP contribution >= 0.6 is 11.6 Å². The molecule has 0 bridgehead atoms. The zero-order valence-electron chi connectivity index (χ0n) is 9.86. The van der Waals surface area contributed by atoms with Crippen LogP contribution in [0.25, 0.3) is 0 Å². The Bertz CT molecular complexity index is 555. The van der Waals surface area contributed by atoms with Crippen LogP contribution in [0.5, 0.6) is 0 Å². The van der Waals surface area contributed by atoms with Crippen LogP contribution in [-0.4, -0.2) is 6.54 Å². The van der Waals surface area contributed by atoms with Crippen LogP contribution in [0.4, 0.5) is 5.69 Å². The summed E-state index contributed by atoms with van der Waals surface area (Å²) in [6.07, 6.45) is 0.925. The fourth-order valence-corrected chi connectivity index (χ4v) is 1.83. The van der Waals surface area contributed by atoms with Crippen LogP contribution in [-0.2, 0) is 6.42 Å². The molecule has 0 saturated carbocycles. The molecule has 0 saturated heterocycles. The highest BCUT2D eigenvalue weighted by Crippen LogP contribution is 2.12. The average molecular weight is 257 g/mol. The molecule has 2 aromatic rings. The summed E-state index contributed by atoms with van der Waals surface area (Å²) in [5.41, 5.74) is 2.89. The maximum Gasteiger partial charge on any atom is 0.0992 e. The highest BCUT2D eigenvalue weighted by Gasteiger charge is 1.96. The Morgan fingerprint density at radius 1 is 1.11 bits per heavy atom. The van der Waals surface area contributed by atoms with Crippen LogP contribution in [0.3, 0.4) is 0 Å². The predicted octanol–water partition coefficient (Wildman–Crippen LogP) is 3.87. The molecule has 2 aromatic carbocycles. The van der Waals surface area contributed by atoms with E-state index >= 15 is 0 Å². The van der Waals surface area contributed by atoms with E-state index in [0.29, 0.717) is 5.56 Å². The topological polar surface area (TPSA) is 35.8 Å². The molecule has 90 valence electrons. The molecular weight excluding hydrogens is 244 g/mol. The summed E-state index contributed by atoms with van der Waals surface area (Å²) in [5, 5.41) is 12.9. The molecular formula is C15H13ClN2. The predicted molar refractivity (Wildman–Crippen MR) is 74.8 cm³/mol. The lowest BCUT2D eigenvalue weighted by Crippen LogP contribution is -2.04. The van der Waals surface area contributed by atoms with Gasteiger partial charge >= 0.3 is 0 Å². The van der Waals surface area contributed by atoms with Gasteiger partial charge in [0.15, 0.2) is 0 Å². The molecule has 0 atom stereocenters. The van der Waals surface area contributed by atoms with Gasteiger partial charge in [0.2, 0.25) is 0 Å². The van der Waals surface area contributed by atoms with Gasteiger partial charge in [-0.15, -0.1) is 0 Å². The maximum absolute atomic E-state index is 8.80. The summed E-state index contributed by atoms with van der Waals surface area (Å²) in [7, 11) is 0. The quantitative estimate of drug-likeness (QED) is 0.902. The first kappa shape index (κ1) is 12.5. The fraction of sp³-hybridized carbons (Fsp3) is 0.133. The highest BCUT2D eigenvalue weighted by molar-refractivity contribution is 6.30. The third kappa shape index (κ3) is 3.51. The second-order valence-electron chi connectivity index (χ2n) is 4.00. The van der Waals surface area contributed by atoms with E-state index in [1.54, 1.807) is 6.07 Å². The van der Waals surface area contributed by atoms with Crippen molar-refractivity contribution >= 4 is 17.3 Å². The molecule has 0 aliphatic rings. The number of benzene rings is 2. The number of anilines is 1. The molecule has 0 aliphatic heterocycles. The first-order valence-corrected chi connectivity index (χ1v) is 6.14. The SMILES string of the molecule is N#Cc1cccc(NCCc2ccc(Cl)cc2)c1. The molecule has 0 fully saturated rings. The summed E-state index contributed by atoms with van der Waals surface area (Å²) in [6, 6.07) is 17.5. The minimum atomic E-state index is 0.673. The van der Waals surface area contributed by atoms with Crippen molar-refractivity contribution < 1.29 is 0 Å². The molecule has 1 N–H and O–H groups in total. The first-order valence-electron chi connectivity index (χ1n) is 5.76. The smallest absolute Gasteiger partial charge is 0.0992 e. The van der Waals surface area contributed by atoms with Crippen molar-refractivity contribution in [2.75, 3.05) is 11.9 Å². The third-order valence-corrected chi connectivity index (χ3v) is 2.90. The summed E-state index contributed by atoms with van der Waals surface area (Å²) in [6.45, 7) is 0.830. The van der Waals surface area contributed by atoms with Gasteiger partial charge in [0, 0.05) is 17.3 Å². The lowest BCUT2D eigenvalue weighted by atomic mass is 10.1. The minimum absolute atomic E-state index is 0.673. The normalized spacial score (nSPS) is 9.78. The van der Waals surface area contributed by atoms with Gasteiger partial charge in [-0.1, -0.05) is 29.8 Å². The Morgan fingerprint density at radius 3 is 2.61 bits per heavy atom. The van der Waals surface area contributed by atoms with Gasteiger partial charge in [-0.2, -0.15) is 5.26 Å². The van der Waals surface area contributed by atoms with Crippen molar-refractivity contribution in [1.82, 2.24) is 0 Å². The Morgan fingerprint density at radius 2 is 1.89 bits per heavy atom. The molecule has 0 aromatic heterocycles. The number of nitrogens with one attached hydrogen (secondary N) is 1. The zero-order valence-corrected chi connectivity index (χ0v) is 10.6. The van der Waals surface area contributed by atoms with E-state index in [1.165, 1.54) is 5.56 Å². The zero-order chi connectivity index (χ0) is 12.8. The van der Waals surface area contributed by atoms with Crippen LogP contribution in [0.15, 0.2) is 48.5 Å². The van der Waals surface area contributed by atoms with Crippen molar-refractivity contribution in [3.05, 3.63) is 64.7 Å². The first-order chi connectivity index (χ1) is 8.78. The summed E-state index contributed by atoms with van der Waals surface area (Å²) >= 11 is 5.83. The lowest BCUT2D eigenvalue weighted by Gasteiger charge is -2.06. The Kier molecular flexibility index (Phi) is 4.22. The molecule has 0 aliphatic carbocycles. The van der Waals surface area contributed by atoms with Gasteiger partial charge in [0.25, 0.3) is 0 Å². The van der Waals surface area contributed by atoms with Gasteiger partial charge in [-0.25, -0.2) is 0 Å². The van der Waals surface area contributed by atoms with E-state index in [2.05, 4.69) is 11.4 Å². The van der Waals surface area contributed by atoms with Crippen LogP contribution in [0, 0.1) is 11.3 Å². The Balaban J connectivity index is 1.88. The van der Waals surface area contributed by atoms with Gasteiger partial charge in [0.1, 0.15) is 0 Å². The molecule has 0 amide bonds. The summed E-state index contributed by atoms with van der Waals surface area (Å²) < 4.78 is 0. The van der Waals surface area contributed by atoms with E-state index < -0.39 is 0 Å². The van der Waals surface area contributed by atoms with Gasteiger partial charge in [0.05, 0.1) is 11.6 Å². The number of hydrogen-bond donors (Lipinski definition) is 1. The van der Waals surface area contributed by atoms with Crippen molar-refractivity contribution in [2.24, 2.45) is 0 Å². The second kappa shape index (κ2) is 6.09. The summed E-state index contributed by atoms with van der Waals surface area (Å²) in [5.74, 6) is 0. The number of halogens is 1. The monoisotopic (exact) mass is 256 g/mol. The van der Waals surface area contributed by atoms with Crippen molar-refractivity contribution in [2.45, 2.75) is 6.42 Å². The minimum Gasteiger partial charge on any atom is -0.385 e. The molecule has 2 nitrogen and oxygen atoms in total. The molecule has 0 unspecified atom stereocenters. The number of rotatable bonds is 4. The fourth-order valence-electron chi connectivity index (χ4n) is 1.70. The number of hydrogen-bond acceptors (Lipinski definition) is 2. The third-order valence-electron chi connectivity index (χ3n) is 2.65. The van der Waals surface area contributed by atoms with Crippen LogP contribution < -0.4 is 5.32 Å². The molecule has 0 heterocycles. The van der Waals surface area contributed by atoms with Gasteiger partial charge < -0.3 is 5.32 Å². The number of nitriles is 1. The highest BCUT2D eigenvalue weighted by atomic mass is 35.5. The Labute approximate surface area is 112 Å². The second-order valence-corrected chi connectivity index (χ2v) is 4.43. The van der Waals surface area contributed by atoms with Crippen molar-refractivity contribution in [3.63, 3.8) is 0 Å². The lowest BCUT2D eigenvalue weighted by molar-refractivity contribution is 1.02. The van der Waals surface area contributed by atoms with E-state index in [4.69, 9.17) is 16.9 Å². The van der Waals surface area contributed by atoms with E-state index in [1.807, 2.05) is 42.5 Å². The van der Waals surface area contributed by atoms with Crippen molar-refractivity contribution in [3.8, 4) is 6.07 Å². The van der Waals surface area contributed by atoms with E-state index in [9.17, 15) is 0 Å². The van der Waals surface area contributed by atoms with Crippen molar-refractivity contribution in [1.29, 1.82) is 5.26 Å². The number of nitrogens with zero attached hydrogens (tertiary/aromatic N) is 1. The van der Waals surface area contributed by atoms with Crippen LogP contribution in [0.2, 0.25) is 5.02 Å². The van der Waals surface area contributed by atoms with Crippen LogP contribution in [0.1, 0.15) is 11.1 Å². The van der Waals surface area contributed by atoms with E-state index in [-0.39, 0.29) is 0 Å². The molecule has 0 spiro atoms. The molecule has 2 rings (SSSR count). The standard InChI is InChI=1S/C15H13ClN2/c16-14-6-4-12(5-7-14)8-9-18-15-3-1-2-13(10-15)11-17/h1-7,10,18H,8-9H2. The maximum atomic E-state index is 8.80. The molecule has 3 heteroatoms. The largest absolute Gasteiger partial charge is 0.385 e. The van der Waals surface area contributed by atoms with Gasteiger partial charge in [-0.3, -0.25) is 0 Å². The van der Waals surface area contributed by atoms with Gasteiger partial charge in [-0.05, 0) is 42.3 Å². The summed E-state index contributed by atoms with van der Waals surface area (Å²) in [4.78, 5) is 0. The molecule has 0 radical (unpaired) electrons.